The van der Waals surface area contributed by atoms with Crippen LogP contribution in [0.3, 0.4) is 0 Å². The molecule has 2 aromatic carbocycles. The fourth-order valence-electron chi connectivity index (χ4n) is 3.08. The van der Waals surface area contributed by atoms with Crippen molar-refractivity contribution in [1.82, 2.24) is 5.32 Å². The second-order valence-electron chi connectivity index (χ2n) is 6.12. The molecular formula is C20H19FN2O3. The second-order valence-corrected chi connectivity index (χ2v) is 6.12. The largest absolute Gasteiger partial charge is 0.487 e. The Morgan fingerprint density at radius 3 is 2.85 bits per heavy atom. The van der Waals surface area contributed by atoms with Crippen molar-refractivity contribution in [2.75, 3.05) is 7.11 Å². The van der Waals surface area contributed by atoms with E-state index >= 15 is 0 Å². The first-order valence-electron chi connectivity index (χ1n) is 8.36. The lowest BCUT2D eigenvalue weighted by Gasteiger charge is -2.15. The van der Waals surface area contributed by atoms with Crippen LogP contribution < -0.4 is 10.1 Å². The summed E-state index contributed by atoms with van der Waals surface area (Å²) in [6.45, 7) is 0.0484. The van der Waals surface area contributed by atoms with Crippen LogP contribution in [0, 0.1) is 17.1 Å². The van der Waals surface area contributed by atoms with E-state index in [4.69, 9.17) is 9.47 Å². The van der Waals surface area contributed by atoms with Crippen molar-refractivity contribution in [2.24, 2.45) is 0 Å². The van der Waals surface area contributed by atoms with E-state index in [1.54, 1.807) is 30.3 Å². The maximum Gasteiger partial charge on any atom is 0.322 e. The number of esters is 1. The number of carbonyl (C=O) groups excluding carboxylic acids is 1. The highest BCUT2D eigenvalue weighted by molar-refractivity contribution is 5.76. The highest BCUT2D eigenvalue weighted by atomic mass is 19.1. The Morgan fingerprint density at radius 2 is 2.12 bits per heavy atom. The number of rotatable bonds is 5. The van der Waals surface area contributed by atoms with E-state index in [1.165, 1.54) is 13.2 Å². The fraction of sp³-hybridized carbons (Fsp3) is 0.300. The van der Waals surface area contributed by atoms with Gasteiger partial charge in [0.2, 0.25) is 0 Å². The predicted octanol–water partition coefficient (Wildman–Crippen LogP) is 3.24. The molecule has 1 aliphatic rings. The highest BCUT2D eigenvalue weighted by Gasteiger charge is 2.30. The number of nitrogens with zero attached hydrogens (tertiary/aromatic N) is 1. The number of hydrogen-bond donors (Lipinski definition) is 1. The van der Waals surface area contributed by atoms with Crippen LogP contribution >= 0.6 is 0 Å². The Labute approximate surface area is 151 Å². The predicted molar refractivity (Wildman–Crippen MR) is 92.8 cm³/mol. The lowest BCUT2D eigenvalue weighted by molar-refractivity contribution is -0.142. The lowest BCUT2D eigenvalue weighted by Crippen LogP contribution is -2.33. The van der Waals surface area contributed by atoms with Crippen molar-refractivity contribution in [3.8, 4) is 11.8 Å². The smallest absolute Gasteiger partial charge is 0.322 e. The molecule has 134 valence electrons. The first-order chi connectivity index (χ1) is 12.6. The number of nitrogens with one attached hydrogen (secondary N) is 1. The van der Waals surface area contributed by atoms with Crippen molar-refractivity contribution in [2.45, 2.75) is 31.5 Å². The van der Waals surface area contributed by atoms with Crippen LogP contribution in [0.15, 0.2) is 42.5 Å². The third-order valence-corrected chi connectivity index (χ3v) is 4.50. The van der Waals surface area contributed by atoms with Crippen LogP contribution in [0.1, 0.15) is 35.6 Å². The van der Waals surface area contributed by atoms with Gasteiger partial charge >= 0.3 is 5.97 Å². The molecule has 0 bridgehead atoms. The average Bonchev–Trinajstić information content (AvgIpc) is 3.17. The SMILES string of the molecule is COC(=O)[C@@H]1CC[C@H](c2ccc(OCc3ccccc3F)c(C#N)c2)N1. The highest BCUT2D eigenvalue weighted by Crippen LogP contribution is 2.30. The van der Waals surface area contributed by atoms with E-state index in [9.17, 15) is 14.4 Å². The van der Waals surface area contributed by atoms with E-state index in [0.29, 0.717) is 23.3 Å². The summed E-state index contributed by atoms with van der Waals surface area (Å²) in [5.74, 6) is -0.216. The third kappa shape index (κ3) is 3.84. The second kappa shape index (κ2) is 7.98. The number of carbonyl (C=O) groups is 1. The molecule has 5 nitrogen and oxygen atoms in total. The van der Waals surface area contributed by atoms with Crippen molar-refractivity contribution < 1.29 is 18.7 Å². The summed E-state index contributed by atoms with van der Waals surface area (Å²) in [5.41, 5.74) is 1.71. The number of ether oxygens (including phenoxy) is 2. The van der Waals surface area contributed by atoms with E-state index in [1.807, 2.05) is 6.07 Å². The van der Waals surface area contributed by atoms with Crippen molar-refractivity contribution in [1.29, 1.82) is 5.26 Å². The molecule has 2 atom stereocenters. The molecule has 1 N–H and O–H groups in total. The molecule has 0 aromatic heterocycles. The van der Waals surface area contributed by atoms with Gasteiger partial charge in [-0.1, -0.05) is 24.3 Å². The van der Waals surface area contributed by atoms with Gasteiger partial charge in [0.05, 0.1) is 12.7 Å². The van der Waals surface area contributed by atoms with Gasteiger partial charge in [-0.3, -0.25) is 10.1 Å². The zero-order chi connectivity index (χ0) is 18.5. The summed E-state index contributed by atoms with van der Waals surface area (Å²) in [7, 11) is 1.37. The molecule has 26 heavy (non-hydrogen) atoms. The van der Waals surface area contributed by atoms with Gasteiger partial charge in [0.1, 0.15) is 30.3 Å². The molecule has 2 aromatic rings. The molecule has 0 saturated carbocycles. The summed E-state index contributed by atoms with van der Waals surface area (Å²) < 4.78 is 24.1. The molecular weight excluding hydrogens is 335 g/mol. The van der Waals surface area contributed by atoms with Gasteiger partial charge in [0, 0.05) is 11.6 Å². The Balaban J connectivity index is 1.71. The molecule has 3 rings (SSSR count). The maximum atomic E-state index is 13.7. The van der Waals surface area contributed by atoms with Crippen LogP contribution in [0.5, 0.6) is 5.75 Å². The van der Waals surface area contributed by atoms with E-state index in [0.717, 1.165) is 12.0 Å². The Hall–Kier alpha value is -2.91. The Morgan fingerprint density at radius 1 is 1.31 bits per heavy atom. The van der Waals surface area contributed by atoms with Crippen LogP contribution in [0.2, 0.25) is 0 Å². The minimum absolute atomic E-state index is 0.0215. The normalized spacial score (nSPS) is 19.0. The van der Waals surface area contributed by atoms with Gasteiger partial charge < -0.3 is 9.47 Å². The van der Waals surface area contributed by atoms with Gasteiger partial charge in [0.15, 0.2) is 0 Å². The molecule has 1 saturated heterocycles. The first kappa shape index (κ1) is 17.9. The minimum Gasteiger partial charge on any atom is -0.487 e. The summed E-state index contributed by atoms with van der Waals surface area (Å²) >= 11 is 0. The van der Waals surface area contributed by atoms with Crippen molar-refractivity contribution >= 4 is 5.97 Å². The van der Waals surface area contributed by atoms with E-state index in [2.05, 4.69) is 11.4 Å². The summed E-state index contributed by atoms with van der Waals surface area (Å²) in [6.07, 6.45) is 1.46. The Bertz CT molecular complexity index is 847. The van der Waals surface area contributed by atoms with Gasteiger partial charge in [-0.25, -0.2) is 4.39 Å². The molecule has 1 heterocycles. The maximum absolute atomic E-state index is 13.7. The number of methoxy groups -OCH3 is 1. The number of nitriles is 1. The minimum atomic E-state index is -0.341. The number of benzene rings is 2. The third-order valence-electron chi connectivity index (χ3n) is 4.50. The number of halogens is 1. The number of hydrogen-bond acceptors (Lipinski definition) is 5. The molecule has 0 amide bonds. The fourth-order valence-corrected chi connectivity index (χ4v) is 3.08. The van der Waals surface area contributed by atoms with Crippen molar-refractivity contribution in [3.05, 3.63) is 65.0 Å². The topological polar surface area (TPSA) is 71.3 Å². The summed E-state index contributed by atoms with van der Waals surface area (Å²) in [6, 6.07) is 13.4. The zero-order valence-electron chi connectivity index (χ0n) is 14.4. The molecule has 0 aliphatic carbocycles. The molecule has 6 heteroatoms. The van der Waals surface area contributed by atoms with Crippen LogP contribution in [-0.4, -0.2) is 19.1 Å². The van der Waals surface area contributed by atoms with E-state index in [-0.39, 0.29) is 30.5 Å². The van der Waals surface area contributed by atoms with Crippen LogP contribution in [-0.2, 0) is 16.1 Å². The van der Waals surface area contributed by atoms with Gasteiger partial charge in [-0.05, 0) is 36.6 Å². The van der Waals surface area contributed by atoms with Gasteiger partial charge in [0.25, 0.3) is 0 Å². The summed E-state index contributed by atoms with van der Waals surface area (Å²) in [4.78, 5) is 11.6. The molecule has 0 radical (unpaired) electrons. The Kier molecular flexibility index (Phi) is 5.49. The molecule has 0 unspecified atom stereocenters. The average molecular weight is 354 g/mol. The van der Waals surface area contributed by atoms with Gasteiger partial charge in [-0.15, -0.1) is 0 Å². The molecule has 1 aliphatic heterocycles. The molecule has 0 spiro atoms. The summed E-state index contributed by atoms with van der Waals surface area (Å²) in [5, 5.41) is 12.6. The molecule has 1 fully saturated rings. The van der Waals surface area contributed by atoms with Crippen molar-refractivity contribution in [3.63, 3.8) is 0 Å². The van der Waals surface area contributed by atoms with E-state index < -0.39 is 0 Å². The zero-order valence-corrected chi connectivity index (χ0v) is 14.4. The van der Waals surface area contributed by atoms with Gasteiger partial charge in [-0.2, -0.15) is 5.26 Å². The monoisotopic (exact) mass is 354 g/mol. The van der Waals surface area contributed by atoms with Crippen LogP contribution in [0.25, 0.3) is 0 Å². The standard InChI is InChI=1S/C20H19FN2O3/c1-25-20(24)18-8-7-17(23-18)13-6-9-19(15(10-13)11-22)26-12-14-4-2-3-5-16(14)21/h2-6,9-10,17-18,23H,7-8,12H2,1H3/t17-,18+/m1/s1. The quantitative estimate of drug-likeness (QED) is 0.835. The lowest BCUT2D eigenvalue weighted by atomic mass is 10.0. The van der Waals surface area contributed by atoms with Crippen LogP contribution in [0.4, 0.5) is 4.39 Å². The first-order valence-corrected chi connectivity index (χ1v) is 8.36.